The van der Waals surface area contributed by atoms with Gasteiger partial charge in [-0.25, -0.2) is 4.79 Å². The monoisotopic (exact) mass is 307 g/mol. The summed E-state index contributed by atoms with van der Waals surface area (Å²) in [6, 6.07) is 3.62. The van der Waals surface area contributed by atoms with Crippen LogP contribution in [0.15, 0.2) is 22.7 Å². The SMILES string of the molecule is CCCCCCC[C@H]1CCC/C1=N/OC(=O)c1cccs1. The molecule has 0 saturated heterocycles. The molecule has 3 nitrogen and oxygen atoms in total. The average molecular weight is 307 g/mol. The van der Waals surface area contributed by atoms with Crippen LogP contribution in [0.3, 0.4) is 0 Å². The molecule has 1 aromatic rings. The van der Waals surface area contributed by atoms with E-state index in [0.717, 1.165) is 12.1 Å². The van der Waals surface area contributed by atoms with Gasteiger partial charge in [0.1, 0.15) is 4.88 Å². The molecule has 0 bridgehead atoms. The van der Waals surface area contributed by atoms with E-state index in [9.17, 15) is 4.79 Å². The molecule has 116 valence electrons. The van der Waals surface area contributed by atoms with E-state index in [1.54, 1.807) is 6.07 Å². The Balaban J connectivity index is 1.75. The summed E-state index contributed by atoms with van der Waals surface area (Å²) >= 11 is 1.39. The van der Waals surface area contributed by atoms with Crippen molar-refractivity contribution in [2.24, 2.45) is 11.1 Å². The van der Waals surface area contributed by atoms with E-state index in [0.29, 0.717) is 10.8 Å². The molecule has 0 aromatic carbocycles. The Hall–Kier alpha value is -1.16. The van der Waals surface area contributed by atoms with Crippen molar-refractivity contribution in [1.82, 2.24) is 0 Å². The number of nitrogens with zero attached hydrogens (tertiary/aromatic N) is 1. The van der Waals surface area contributed by atoms with Crippen LogP contribution in [0.4, 0.5) is 0 Å². The molecule has 0 spiro atoms. The van der Waals surface area contributed by atoms with E-state index in [2.05, 4.69) is 12.1 Å². The Morgan fingerprint density at radius 2 is 2.24 bits per heavy atom. The third-order valence-electron chi connectivity index (χ3n) is 4.08. The molecule has 1 fully saturated rings. The second-order valence-electron chi connectivity index (χ2n) is 5.73. The van der Waals surface area contributed by atoms with Crippen molar-refractivity contribution in [2.45, 2.75) is 64.7 Å². The van der Waals surface area contributed by atoms with Crippen LogP contribution in [0.25, 0.3) is 0 Å². The summed E-state index contributed by atoms with van der Waals surface area (Å²) in [6.07, 6.45) is 11.1. The molecule has 4 heteroatoms. The van der Waals surface area contributed by atoms with Gasteiger partial charge in [0.2, 0.25) is 0 Å². The molecule has 0 amide bonds. The van der Waals surface area contributed by atoms with Gasteiger partial charge in [0.15, 0.2) is 0 Å². The van der Waals surface area contributed by atoms with Crippen LogP contribution in [0.1, 0.15) is 74.4 Å². The molecular formula is C17H25NO2S. The largest absolute Gasteiger partial charge is 0.375 e. The summed E-state index contributed by atoms with van der Waals surface area (Å²) in [7, 11) is 0. The fourth-order valence-electron chi connectivity index (χ4n) is 2.87. The van der Waals surface area contributed by atoms with Gasteiger partial charge in [-0.2, -0.15) is 0 Å². The Morgan fingerprint density at radius 3 is 3.00 bits per heavy atom. The van der Waals surface area contributed by atoms with Crippen LogP contribution >= 0.6 is 11.3 Å². The predicted octanol–water partition coefficient (Wildman–Crippen LogP) is 5.42. The van der Waals surface area contributed by atoms with Crippen molar-refractivity contribution >= 4 is 23.0 Å². The number of carbonyl (C=O) groups is 1. The summed E-state index contributed by atoms with van der Waals surface area (Å²) in [6.45, 7) is 2.24. The van der Waals surface area contributed by atoms with Gasteiger partial charge in [-0.05, 0) is 37.1 Å². The number of carbonyl (C=O) groups excluding carboxylic acids is 1. The van der Waals surface area contributed by atoms with Gasteiger partial charge in [0.05, 0.1) is 5.71 Å². The highest BCUT2D eigenvalue weighted by molar-refractivity contribution is 7.11. The molecular weight excluding hydrogens is 282 g/mol. The maximum atomic E-state index is 11.8. The smallest absolute Gasteiger partial charge is 0.312 e. The van der Waals surface area contributed by atoms with Crippen LogP contribution in [-0.4, -0.2) is 11.7 Å². The number of thiophene rings is 1. The van der Waals surface area contributed by atoms with Gasteiger partial charge in [0.25, 0.3) is 0 Å². The molecule has 1 saturated carbocycles. The lowest BCUT2D eigenvalue weighted by Crippen LogP contribution is -2.09. The Bertz CT molecular complexity index is 453. The maximum Gasteiger partial charge on any atom is 0.375 e. The number of oxime groups is 1. The molecule has 1 aromatic heterocycles. The van der Waals surface area contributed by atoms with Gasteiger partial charge >= 0.3 is 5.97 Å². The highest BCUT2D eigenvalue weighted by Crippen LogP contribution is 2.28. The Labute approximate surface area is 131 Å². The van der Waals surface area contributed by atoms with Crippen molar-refractivity contribution in [3.8, 4) is 0 Å². The van der Waals surface area contributed by atoms with Crippen molar-refractivity contribution < 1.29 is 9.63 Å². The third kappa shape index (κ3) is 5.27. The minimum absolute atomic E-state index is 0.328. The average Bonchev–Trinajstić information content (AvgIpc) is 3.16. The molecule has 0 aliphatic heterocycles. The van der Waals surface area contributed by atoms with E-state index in [1.165, 1.54) is 62.7 Å². The molecule has 0 radical (unpaired) electrons. The summed E-state index contributed by atoms with van der Waals surface area (Å²) < 4.78 is 0. The number of rotatable bonds is 8. The topological polar surface area (TPSA) is 38.7 Å². The molecule has 1 heterocycles. The zero-order valence-electron chi connectivity index (χ0n) is 12.8. The van der Waals surface area contributed by atoms with Gasteiger partial charge in [0, 0.05) is 5.92 Å². The summed E-state index contributed by atoms with van der Waals surface area (Å²) in [5.74, 6) is 0.203. The first-order chi connectivity index (χ1) is 10.3. The molecule has 2 rings (SSSR count). The summed E-state index contributed by atoms with van der Waals surface area (Å²) in [5, 5.41) is 6.02. The van der Waals surface area contributed by atoms with Crippen molar-refractivity contribution in [3.63, 3.8) is 0 Å². The molecule has 21 heavy (non-hydrogen) atoms. The van der Waals surface area contributed by atoms with Crippen molar-refractivity contribution in [1.29, 1.82) is 0 Å². The lowest BCUT2D eigenvalue weighted by atomic mass is 9.98. The summed E-state index contributed by atoms with van der Waals surface area (Å²) in [4.78, 5) is 17.5. The zero-order valence-corrected chi connectivity index (χ0v) is 13.7. The zero-order chi connectivity index (χ0) is 14.9. The van der Waals surface area contributed by atoms with E-state index in [4.69, 9.17) is 4.84 Å². The first-order valence-corrected chi connectivity index (χ1v) is 9.01. The number of unbranched alkanes of at least 4 members (excludes halogenated alkanes) is 4. The summed E-state index contributed by atoms with van der Waals surface area (Å²) in [5.41, 5.74) is 1.09. The predicted molar refractivity (Wildman–Crippen MR) is 87.9 cm³/mol. The fourth-order valence-corrected chi connectivity index (χ4v) is 3.46. The van der Waals surface area contributed by atoms with E-state index < -0.39 is 0 Å². The van der Waals surface area contributed by atoms with Gasteiger partial charge < -0.3 is 4.84 Å². The minimum Gasteiger partial charge on any atom is -0.312 e. The highest BCUT2D eigenvalue weighted by atomic mass is 32.1. The Morgan fingerprint density at radius 1 is 1.38 bits per heavy atom. The normalized spacial score (nSPS) is 20.0. The first-order valence-electron chi connectivity index (χ1n) is 8.13. The van der Waals surface area contributed by atoms with Gasteiger partial charge in [-0.1, -0.05) is 50.2 Å². The fraction of sp³-hybridized carbons (Fsp3) is 0.647. The standard InChI is InChI=1S/C17H25NO2S/c1-2-3-4-5-6-9-14-10-7-11-15(14)18-20-17(19)16-12-8-13-21-16/h8,12-14H,2-7,9-11H2,1H3/b18-15-/t14-/m0/s1. The van der Waals surface area contributed by atoms with Gasteiger partial charge in [-0.15, -0.1) is 11.3 Å². The number of hydrogen-bond donors (Lipinski definition) is 0. The second kappa shape index (κ2) is 8.98. The molecule has 0 N–H and O–H groups in total. The first kappa shape index (κ1) is 16.2. The van der Waals surface area contributed by atoms with Gasteiger partial charge in [-0.3, -0.25) is 0 Å². The Kier molecular flexibility index (Phi) is 6.93. The molecule has 1 atom stereocenters. The van der Waals surface area contributed by atoms with Crippen LogP contribution in [0, 0.1) is 5.92 Å². The minimum atomic E-state index is -0.328. The van der Waals surface area contributed by atoms with E-state index in [1.807, 2.05) is 11.4 Å². The van der Waals surface area contributed by atoms with E-state index >= 15 is 0 Å². The second-order valence-corrected chi connectivity index (χ2v) is 6.68. The van der Waals surface area contributed by atoms with Crippen molar-refractivity contribution in [2.75, 3.05) is 0 Å². The maximum absolute atomic E-state index is 11.8. The molecule has 0 unspecified atom stereocenters. The number of hydrogen-bond acceptors (Lipinski definition) is 4. The van der Waals surface area contributed by atoms with Crippen LogP contribution in [-0.2, 0) is 4.84 Å². The van der Waals surface area contributed by atoms with Crippen LogP contribution < -0.4 is 0 Å². The van der Waals surface area contributed by atoms with Crippen LogP contribution in [0.2, 0.25) is 0 Å². The lowest BCUT2D eigenvalue weighted by Gasteiger charge is -2.10. The molecule has 1 aliphatic carbocycles. The lowest BCUT2D eigenvalue weighted by molar-refractivity contribution is 0.0519. The van der Waals surface area contributed by atoms with E-state index in [-0.39, 0.29) is 5.97 Å². The highest BCUT2D eigenvalue weighted by Gasteiger charge is 2.23. The molecule has 1 aliphatic rings. The van der Waals surface area contributed by atoms with Crippen molar-refractivity contribution in [3.05, 3.63) is 22.4 Å². The van der Waals surface area contributed by atoms with Crippen LogP contribution in [0.5, 0.6) is 0 Å². The third-order valence-corrected chi connectivity index (χ3v) is 4.93. The quantitative estimate of drug-likeness (QED) is 0.365.